The zero-order chi connectivity index (χ0) is 16.2. The molecule has 1 heterocycles. The predicted molar refractivity (Wildman–Crippen MR) is 93.6 cm³/mol. The average Bonchev–Trinajstić information content (AvgIpc) is 2.99. The summed E-state index contributed by atoms with van der Waals surface area (Å²) in [4.78, 5) is 16.8. The molecule has 0 saturated heterocycles. The van der Waals surface area contributed by atoms with E-state index in [9.17, 15) is 4.79 Å². The van der Waals surface area contributed by atoms with Crippen molar-refractivity contribution in [3.63, 3.8) is 0 Å². The van der Waals surface area contributed by atoms with Crippen molar-refractivity contribution < 1.29 is 9.90 Å². The fourth-order valence-corrected chi connectivity index (χ4v) is 3.23. The number of rotatable bonds is 5. The second-order valence-corrected chi connectivity index (χ2v) is 6.10. The van der Waals surface area contributed by atoms with Crippen LogP contribution in [0.4, 0.5) is 10.8 Å². The molecule has 0 aliphatic heterocycles. The Morgan fingerprint density at radius 2 is 1.83 bits per heavy atom. The molecule has 0 bridgehead atoms. The van der Waals surface area contributed by atoms with Crippen LogP contribution in [0.3, 0.4) is 0 Å². The number of carboxylic acid groups (broad SMARTS) is 1. The van der Waals surface area contributed by atoms with Crippen molar-refractivity contribution in [1.29, 1.82) is 0 Å². The van der Waals surface area contributed by atoms with Crippen molar-refractivity contribution in [3.05, 3.63) is 65.0 Å². The van der Waals surface area contributed by atoms with Gasteiger partial charge in [-0.3, -0.25) is 0 Å². The van der Waals surface area contributed by atoms with Crippen LogP contribution in [0.2, 0.25) is 0 Å². The number of aromatic carboxylic acids is 1. The van der Waals surface area contributed by atoms with Crippen molar-refractivity contribution in [1.82, 2.24) is 4.98 Å². The molecule has 4 nitrogen and oxygen atoms in total. The van der Waals surface area contributed by atoms with Crippen LogP contribution in [0.5, 0.6) is 0 Å². The smallest absolute Gasteiger partial charge is 0.335 e. The first-order valence-electron chi connectivity index (χ1n) is 7.33. The Kier molecular flexibility index (Phi) is 4.39. The predicted octanol–water partition coefficient (Wildman–Crippen LogP) is 4.81. The number of aryl methyl sites for hydroxylation is 1. The Morgan fingerprint density at radius 1 is 1.13 bits per heavy atom. The molecular formula is C18H16N2O2S. The van der Waals surface area contributed by atoms with Gasteiger partial charge in [0.1, 0.15) is 0 Å². The lowest BCUT2D eigenvalue weighted by molar-refractivity contribution is 0.0697. The highest BCUT2D eigenvalue weighted by atomic mass is 32.1. The topological polar surface area (TPSA) is 62.2 Å². The zero-order valence-corrected chi connectivity index (χ0v) is 13.4. The van der Waals surface area contributed by atoms with Gasteiger partial charge in [-0.1, -0.05) is 37.3 Å². The summed E-state index contributed by atoms with van der Waals surface area (Å²) in [6.45, 7) is 2.12. The monoisotopic (exact) mass is 324 g/mol. The first-order chi connectivity index (χ1) is 11.2. The number of carboxylic acids is 1. The third-order valence-electron chi connectivity index (χ3n) is 3.45. The molecule has 0 saturated carbocycles. The van der Waals surface area contributed by atoms with Gasteiger partial charge in [-0.2, -0.15) is 0 Å². The number of thiazole rings is 1. The molecule has 3 aromatic rings. The van der Waals surface area contributed by atoms with E-state index in [4.69, 9.17) is 10.1 Å². The molecule has 0 aliphatic rings. The second kappa shape index (κ2) is 6.62. The van der Waals surface area contributed by atoms with Gasteiger partial charge in [0, 0.05) is 16.1 Å². The maximum atomic E-state index is 10.9. The van der Waals surface area contributed by atoms with Gasteiger partial charge in [-0.15, -0.1) is 11.3 Å². The van der Waals surface area contributed by atoms with Crippen molar-refractivity contribution in [2.45, 2.75) is 13.3 Å². The number of nitrogens with zero attached hydrogens (tertiary/aromatic N) is 1. The summed E-state index contributed by atoms with van der Waals surface area (Å²) in [6, 6.07) is 16.8. The number of benzene rings is 2. The molecule has 5 heteroatoms. The molecule has 2 N–H and O–H groups in total. The summed E-state index contributed by atoms with van der Waals surface area (Å²) < 4.78 is 0. The van der Waals surface area contributed by atoms with Crippen LogP contribution in [-0.2, 0) is 6.42 Å². The lowest BCUT2D eigenvalue weighted by atomic mass is 10.1. The maximum Gasteiger partial charge on any atom is 0.335 e. The minimum absolute atomic E-state index is 0.272. The first-order valence-corrected chi connectivity index (χ1v) is 8.14. The molecule has 3 rings (SSSR count). The Morgan fingerprint density at radius 3 is 2.43 bits per heavy atom. The van der Waals surface area contributed by atoms with Crippen LogP contribution in [0.15, 0.2) is 54.6 Å². The number of hydrogen-bond acceptors (Lipinski definition) is 4. The van der Waals surface area contributed by atoms with E-state index in [1.165, 1.54) is 4.88 Å². The normalized spacial score (nSPS) is 10.5. The van der Waals surface area contributed by atoms with E-state index in [-0.39, 0.29) is 5.56 Å². The lowest BCUT2D eigenvalue weighted by Gasteiger charge is -2.02. The fourth-order valence-electron chi connectivity index (χ4n) is 2.29. The maximum absolute atomic E-state index is 10.9. The van der Waals surface area contributed by atoms with Crippen molar-refractivity contribution in [2.75, 3.05) is 5.32 Å². The molecule has 0 unspecified atom stereocenters. The van der Waals surface area contributed by atoms with E-state index in [0.717, 1.165) is 28.5 Å². The van der Waals surface area contributed by atoms with Crippen LogP contribution in [-0.4, -0.2) is 16.1 Å². The number of hydrogen-bond donors (Lipinski definition) is 2. The average molecular weight is 324 g/mol. The van der Waals surface area contributed by atoms with E-state index in [1.54, 1.807) is 35.6 Å². The summed E-state index contributed by atoms with van der Waals surface area (Å²) >= 11 is 1.62. The van der Waals surface area contributed by atoms with Crippen molar-refractivity contribution in [2.24, 2.45) is 0 Å². The summed E-state index contributed by atoms with van der Waals surface area (Å²) in [6.07, 6.45) is 0.918. The van der Waals surface area contributed by atoms with Crippen LogP contribution in [0.1, 0.15) is 22.2 Å². The van der Waals surface area contributed by atoms with E-state index in [1.807, 2.05) is 18.2 Å². The molecule has 0 amide bonds. The molecule has 2 aromatic carbocycles. The largest absolute Gasteiger partial charge is 0.478 e. The van der Waals surface area contributed by atoms with Crippen LogP contribution in [0, 0.1) is 0 Å². The molecule has 1 aromatic heterocycles. The van der Waals surface area contributed by atoms with Gasteiger partial charge < -0.3 is 10.4 Å². The molecule has 116 valence electrons. The standard InChI is InChI=1S/C18H16N2O2S/c1-2-15-16(12-6-4-3-5-7-12)20-18(23-15)19-14-10-8-13(9-11-14)17(21)22/h3-11H,2H2,1H3,(H,19,20)(H,21,22). The molecule has 0 aliphatic carbocycles. The highest BCUT2D eigenvalue weighted by Gasteiger charge is 2.12. The summed E-state index contributed by atoms with van der Waals surface area (Å²) in [5.74, 6) is -0.926. The van der Waals surface area contributed by atoms with Crippen molar-refractivity contribution >= 4 is 28.1 Å². The lowest BCUT2D eigenvalue weighted by Crippen LogP contribution is -1.96. The van der Waals surface area contributed by atoms with E-state index >= 15 is 0 Å². The quantitative estimate of drug-likeness (QED) is 0.706. The first kappa shape index (κ1) is 15.2. The van der Waals surface area contributed by atoms with Gasteiger partial charge in [0.05, 0.1) is 11.3 Å². The van der Waals surface area contributed by atoms with Gasteiger partial charge in [-0.25, -0.2) is 9.78 Å². The zero-order valence-electron chi connectivity index (χ0n) is 12.6. The van der Waals surface area contributed by atoms with Gasteiger partial charge in [0.2, 0.25) is 0 Å². The molecule has 0 atom stereocenters. The number of aromatic nitrogens is 1. The minimum atomic E-state index is -0.926. The summed E-state index contributed by atoms with van der Waals surface area (Å²) in [5.41, 5.74) is 3.21. The Hall–Kier alpha value is -2.66. The van der Waals surface area contributed by atoms with Crippen molar-refractivity contribution in [3.8, 4) is 11.3 Å². The molecule has 0 radical (unpaired) electrons. The molecule has 0 spiro atoms. The molecular weight excluding hydrogens is 308 g/mol. The fraction of sp³-hybridized carbons (Fsp3) is 0.111. The molecule has 0 fully saturated rings. The highest BCUT2D eigenvalue weighted by Crippen LogP contribution is 2.32. The number of anilines is 2. The van der Waals surface area contributed by atoms with Crippen LogP contribution < -0.4 is 5.32 Å². The van der Waals surface area contributed by atoms with E-state index in [0.29, 0.717) is 0 Å². The second-order valence-electron chi connectivity index (χ2n) is 5.02. The number of nitrogens with one attached hydrogen (secondary N) is 1. The third-order valence-corrected chi connectivity index (χ3v) is 4.56. The third kappa shape index (κ3) is 3.40. The van der Waals surface area contributed by atoms with Gasteiger partial charge >= 0.3 is 5.97 Å². The number of carbonyl (C=O) groups is 1. The Labute approximate surface area is 138 Å². The molecule has 23 heavy (non-hydrogen) atoms. The van der Waals surface area contributed by atoms with Crippen LogP contribution in [0.25, 0.3) is 11.3 Å². The minimum Gasteiger partial charge on any atom is -0.478 e. The van der Waals surface area contributed by atoms with Gasteiger partial charge in [0.25, 0.3) is 0 Å². The van der Waals surface area contributed by atoms with E-state index < -0.39 is 5.97 Å². The SMILES string of the molecule is CCc1sc(Nc2ccc(C(=O)O)cc2)nc1-c1ccccc1. The van der Waals surface area contributed by atoms with Crippen LogP contribution >= 0.6 is 11.3 Å². The van der Waals surface area contributed by atoms with Gasteiger partial charge in [0.15, 0.2) is 5.13 Å². The van der Waals surface area contributed by atoms with Gasteiger partial charge in [-0.05, 0) is 30.7 Å². The Bertz CT molecular complexity index is 811. The van der Waals surface area contributed by atoms with E-state index in [2.05, 4.69) is 24.4 Å². The summed E-state index contributed by atoms with van der Waals surface area (Å²) in [7, 11) is 0. The summed E-state index contributed by atoms with van der Waals surface area (Å²) in [5, 5.41) is 13.0. The highest BCUT2D eigenvalue weighted by molar-refractivity contribution is 7.16. The Balaban J connectivity index is 1.86.